The zero-order valence-electron chi connectivity index (χ0n) is 13.1. The molecule has 0 spiro atoms. The number of rotatable bonds is 5. The minimum atomic E-state index is 0.101. The summed E-state index contributed by atoms with van der Waals surface area (Å²) in [5.41, 5.74) is 0.942. The Kier molecular flexibility index (Phi) is 5.99. The Morgan fingerprint density at radius 2 is 2.10 bits per heavy atom. The second kappa shape index (κ2) is 7.75. The fraction of sp³-hybridized carbons (Fsp3) is 0.667. The number of hydrogen-bond acceptors (Lipinski definition) is 5. The van der Waals surface area contributed by atoms with Gasteiger partial charge in [0.15, 0.2) is 0 Å². The van der Waals surface area contributed by atoms with E-state index in [1.807, 2.05) is 19.9 Å². The minimum absolute atomic E-state index is 0.101. The zero-order valence-corrected chi connectivity index (χ0v) is 13.9. The molecule has 116 valence electrons. The third-order valence-corrected chi connectivity index (χ3v) is 4.60. The second-order valence-corrected chi connectivity index (χ2v) is 6.46. The van der Waals surface area contributed by atoms with Gasteiger partial charge in [0, 0.05) is 24.8 Å². The lowest BCUT2D eigenvalue weighted by molar-refractivity contribution is -0.119. The van der Waals surface area contributed by atoms with Gasteiger partial charge in [-0.05, 0) is 39.3 Å². The molecule has 1 amide bonds. The highest BCUT2D eigenvalue weighted by atomic mass is 32.2. The van der Waals surface area contributed by atoms with Crippen molar-refractivity contribution in [2.24, 2.45) is 0 Å². The van der Waals surface area contributed by atoms with Crippen molar-refractivity contribution in [3.05, 3.63) is 17.6 Å². The summed E-state index contributed by atoms with van der Waals surface area (Å²) in [6, 6.07) is 2.25. The topological polar surface area (TPSA) is 58.1 Å². The molecule has 5 nitrogen and oxygen atoms in total. The third kappa shape index (κ3) is 5.28. The first kappa shape index (κ1) is 16.2. The summed E-state index contributed by atoms with van der Waals surface area (Å²) < 4.78 is 0. The predicted molar refractivity (Wildman–Crippen MR) is 85.5 cm³/mol. The maximum atomic E-state index is 12.0. The van der Waals surface area contributed by atoms with Crippen LogP contribution in [0.1, 0.15) is 31.3 Å². The molecular weight excluding hydrogens is 284 g/mol. The van der Waals surface area contributed by atoms with Gasteiger partial charge in [0.2, 0.25) is 5.91 Å². The van der Waals surface area contributed by atoms with Crippen LogP contribution in [0.3, 0.4) is 0 Å². The van der Waals surface area contributed by atoms with Crippen molar-refractivity contribution in [2.45, 2.75) is 44.7 Å². The van der Waals surface area contributed by atoms with E-state index in [9.17, 15) is 4.79 Å². The first-order valence-corrected chi connectivity index (χ1v) is 8.52. The summed E-state index contributed by atoms with van der Waals surface area (Å²) >= 11 is 1.48. The molecule has 0 unspecified atom stereocenters. The number of thioether (sulfide) groups is 1. The van der Waals surface area contributed by atoms with Gasteiger partial charge in [0.1, 0.15) is 10.9 Å². The van der Waals surface area contributed by atoms with Crippen molar-refractivity contribution < 1.29 is 4.79 Å². The van der Waals surface area contributed by atoms with Gasteiger partial charge in [-0.3, -0.25) is 4.79 Å². The standard InChI is InChI=1S/C15H24N4OS/c1-4-19-7-5-13(6-8-19)18-14(20)10-21-15-9-11(2)16-12(3)17-15/h9,13H,4-8,10H2,1-3H3,(H,18,20). The minimum Gasteiger partial charge on any atom is -0.353 e. The number of hydrogen-bond donors (Lipinski definition) is 1. The Balaban J connectivity index is 1.75. The number of piperidine rings is 1. The summed E-state index contributed by atoms with van der Waals surface area (Å²) in [5, 5.41) is 4.00. The van der Waals surface area contributed by atoms with Crippen molar-refractivity contribution >= 4 is 17.7 Å². The van der Waals surface area contributed by atoms with Gasteiger partial charge in [-0.2, -0.15) is 0 Å². The van der Waals surface area contributed by atoms with Crippen LogP contribution >= 0.6 is 11.8 Å². The van der Waals surface area contributed by atoms with Gasteiger partial charge < -0.3 is 10.2 Å². The highest BCUT2D eigenvalue weighted by molar-refractivity contribution is 7.99. The highest BCUT2D eigenvalue weighted by Gasteiger charge is 2.19. The van der Waals surface area contributed by atoms with Crippen LogP contribution in [-0.2, 0) is 4.79 Å². The van der Waals surface area contributed by atoms with E-state index in [1.54, 1.807) is 0 Å². The highest BCUT2D eigenvalue weighted by Crippen LogP contribution is 2.16. The molecule has 2 rings (SSSR count). The van der Waals surface area contributed by atoms with Crippen molar-refractivity contribution in [3.63, 3.8) is 0 Å². The number of nitrogens with one attached hydrogen (secondary N) is 1. The molecule has 1 aromatic heterocycles. The first-order valence-electron chi connectivity index (χ1n) is 7.53. The predicted octanol–water partition coefficient (Wildman–Crippen LogP) is 1.79. The van der Waals surface area contributed by atoms with Crippen LogP contribution in [0.2, 0.25) is 0 Å². The average molecular weight is 308 g/mol. The monoisotopic (exact) mass is 308 g/mol. The maximum Gasteiger partial charge on any atom is 0.230 e. The number of likely N-dealkylation sites (tertiary alicyclic amines) is 1. The molecule has 1 aliphatic heterocycles. The third-order valence-electron chi connectivity index (χ3n) is 3.69. The van der Waals surface area contributed by atoms with Crippen molar-refractivity contribution in [1.82, 2.24) is 20.2 Å². The van der Waals surface area contributed by atoms with Crippen LogP contribution in [0, 0.1) is 13.8 Å². The lowest BCUT2D eigenvalue weighted by Gasteiger charge is -2.31. The van der Waals surface area contributed by atoms with E-state index in [4.69, 9.17) is 0 Å². The SMILES string of the molecule is CCN1CCC(NC(=O)CSc2cc(C)nc(C)n2)CC1. The Morgan fingerprint density at radius 1 is 1.38 bits per heavy atom. The van der Waals surface area contributed by atoms with E-state index in [0.29, 0.717) is 11.8 Å². The number of nitrogens with zero attached hydrogens (tertiary/aromatic N) is 3. The van der Waals surface area contributed by atoms with Crippen LogP contribution in [0.5, 0.6) is 0 Å². The summed E-state index contributed by atoms with van der Waals surface area (Å²) in [6.45, 7) is 9.26. The average Bonchev–Trinajstić information content (AvgIpc) is 2.45. The Morgan fingerprint density at radius 3 is 2.71 bits per heavy atom. The molecule has 1 aromatic rings. The molecule has 2 heterocycles. The molecule has 1 fully saturated rings. The van der Waals surface area contributed by atoms with E-state index >= 15 is 0 Å². The molecule has 0 aliphatic carbocycles. The molecule has 21 heavy (non-hydrogen) atoms. The molecular formula is C15H24N4OS. The molecule has 1 N–H and O–H groups in total. The molecule has 0 saturated carbocycles. The molecule has 0 aromatic carbocycles. The molecule has 6 heteroatoms. The van der Waals surface area contributed by atoms with Gasteiger partial charge in [0.25, 0.3) is 0 Å². The first-order chi connectivity index (χ1) is 10.1. The van der Waals surface area contributed by atoms with Gasteiger partial charge in [0.05, 0.1) is 5.75 Å². The van der Waals surface area contributed by atoms with Crippen molar-refractivity contribution in [3.8, 4) is 0 Å². The summed E-state index contributed by atoms with van der Waals surface area (Å²) in [5.74, 6) is 1.28. The van der Waals surface area contributed by atoms with E-state index < -0.39 is 0 Å². The smallest absolute Gasteiger partial charge is 0.230 e. The lowest BCUT2D eigenvalue weighted by Crippen LogP contribution is -2.45. The Bertz CT molecular complexity index is 466. The van der Waals surface area contributed by atoms with Gasteiger partial charge in [-0.25, -0.2) is 9.97 Å². The summed E-state index contributed by atoms with van der Waals surface area (Å²) in [7, 11) is 0. The molecule has 1 aliphatic rings. The van der Waals surface area contributed by atoms with Gasteiger partial charge >= 0.3 is 0 Å². The van der Waals surface area contributed by atoms with Crippen LogP contribution in [0.15, 0.2) is 11.1 Å². The van der Waals surface area contributed by atoms with E-state index in [1.165, 1.54) is 11.8 Å². The van der Waals surface area contributed by atoms with E-state index in [-0.39, 0.29) is 5.91 Å². The Hall–Kier alpha value is -1.14. The number of carbonyl (C=O) groups is 1. The fourth-order valence-corrected chi connectivity index (χ4v) is 3.37. The van der Waals surface area contributed by atoms with Crippen LogP contribution in [0.4, 0.5) is 0 Å². The Labute approximate surface area is 130 Å². The fourth-order valence-electron chi connectivity index (χ4n) is 2.56. The number of carbonyl (C=O) groups excluding carboxylic acids is 1. The quantitative estimate of drug-likeness (QED) is 0.664. The van der Waals surface area contributed by atoms with Crippen LogP contribution in [0.25, 0.3) is 0 Å². The molecule has 0 bridgehead atoms. The molecule has 1 saturated heterocycles. The van der Waals surface area contributed by atoms with E-state index in [0.717, 1.165) is 49.0 Å². The second-order valence-electron chi connectivity index (χ2n) is 5.46. The normalized spacial score (nSPS) is 16.9. The number of aromatic nitrogens is 2. The van der Waals surface area contributed by atoms with Gasteiger partial charge in [-0.1, -0.05) is 18.7 Å². The number of amides is 1. The van der Waals surface area contributed by atoms with Crippen molar-refractivity contribution in [2.75, 3.05) is 25.4 Å². The van der Waals surface area contributed by atoms with Crippen LogP contribution < -0.4 is 5.32 Å². The maximum absolute atomic E-state index is 12.0. The molecule has 0 atom stereocenters. The molecule has 0 radical (unpaired) electrons. The number of aryl methyl sites for hydroxylation is 2. The van der Waals surface area contributed by atoms with Gasteiger partial charge in [-0.15, -0.1) is 0 Å². The lowest BCUT2D eigenvalue weighted by atomic mass is 10.1. The largest absolute Gasteiger partial charge is 0.353 e. The van der Waals surface area contributed by atoms with Crippen LogP contribution in [-0.4, -0.2) is 52.2 Å². The van der Waals surface area contributed by atoms with Crippen molar-refractivity contribution in [1.29, 1.82) is 0 Å². The summed E-state index contributed by atoms with van der Waals surface area (Å²) in [6.07, 6.45) is 2.10. The zero-order chi connectivity index (χ0) is 15.2. The van der Waals surface area contributed by atoms with E-state index in [2.05, 4.69) is 27.1 Å². The summed E-state index contributed by atoms with van der Waals surface area (Å²) in [4.78, 5) is 23.0.